The van der Waals surface area contributed by atoms with E-state index in [1.807, 2.05) is 58.0 Å². The third-order valence-corrected chi connectivity index (χ3v) is 8.31. The Hall–Kier alpha value is -3.36. The Morgan fingerprint density at radius 1 is 0.923 bits per heavy atom. The van der Waals surface area contributed by atoms with Crippen LogP contribution in [0.3, 0.4) is 0 Å². The largest absolute Gasteiger partial charge is 0.354 e. The maximum Gasteiger partial charge on any atom is 0.264 e. The fourth-order valence-corrected chi connectivity index (χ4v) is 5.64. The fourth-order valence-electron chi connectivity index (χ4n) is 4.10. The number of sulfonamides is 1. The molecule has 0 heterocycles. The van der Waals surface area contributed by atoms with Gasteiger partial charge in [0.05, 0.1) is 10.6 Å². The van der Waals surface area contributed by atoms with Gasteiger partial charge in [-0.2, -0.15) is 0 Å². The number of nitrogens with one attached hydrogen (secondary N) is 1. The van der Waals surface area contributed by atoms with E-state index in [9.17, 15) is 18.0 Å². The molecule has 0 aliphatic carbocycles. The Balaban J connectivity index is 2.02. The summed E-state index contributed by atoms with van der Waals surface area (Å²) in [5.41, 5.74) is 2.14. The molecule has 2 amide bonds. The number of benzene rings is 3. The van der Waals surface area contributed by atoms with Gasteiger partial charge in [0.15, 0.2) is 0 Å². The van der Waals surface area contributed by atoms with E-state index in [1.54, 1.807) is 24.3 Å². The van der Waals surface area contributed by atoms with Crippen molar-refractivity contribution in [3.63, 3.8) is 0 Å². The van der Waals surface area contributed by atoms with E-state index in [0.29, 0.717) is 23.7 Å². The zero-order valence-electron chi connectivity index (χ0n) is 22.8. The topological polar surface area (TPSA) is 86.8 Å². The Bertz CT molecular complexity index is 1350. The second-order valence-corrected chi connectivity index (χ2v) is 12.2. The molecule has 0 saturated heterocycles. The van der Waals surface area contributed by atoms with Crippen LogP contribution >= 0.6 is 11.6 Å². The molecule has 0 aliphatic heterocycles. The molecule has 0 saturated carbocycles. The molecule has 0 spiro atoms. The molecule has 3 aromatic carbocycles. The number of nitrogens with zero attached hydrogens (tertiary/aromatic N) is 2. The van der Waals surface area contributed by atoms with Crippen LogP contribution in [0.4, 0.5) is 5.69 Å². The molecule has 1 N–H and O–H groups in total. The van der Waals surface area contributed by atoms with Gasteiger partial charge >= 0.3 is 0 Å². The highest BCUT2D eigenvalue weighted by molar-refractivity contribution is 7.92. The second kappa shape index (κ2) is 13.6. The van der Waals surface area contributed by atoms with Gasteiger partial charge in [0.2, 0.25) is 11.8 Å². The number of anilines is 1. The molecular weight excluding hydrogens is 534 g/mol. The van der Waals surface area contributed by atoms with Crippen LogP contribution in [0.15, 0.2) is 83.8 Å². The molecule has 0 aromatic heterocycles. The van der Waals surface area contributed by atoms with Crippen molar-refractivity contribution in [1.82, 2.24) is 10.2 Å². The van der Waals surface area contributed by atoms with Crippen LogP contribution in [0.1, 0.15) is 38.3 Å². The summed E-state index contributed by atoms with van der Waals surface area (Å²) >= 11 is 6.00. The summed E-state index contributed by atoms with van der Waals surface area (Å²) in [5, 5.41) is 3.33. The summed E-state index contributed by atoms with van der Waals surface area (Å²) in [4.78, 5) is 28.7. The van der Waals surface area contributed by atoms with E-state index in [2.05, 4.69) is 5.32 Å². The standard InChI is InChI=1S/C30H36ClN3O4S/c1-5-28(30(36)32-19-22(2)3)33(20-24-9-7-6-8-10-24)29(35)21-34(26-15-11-23(4)12-16-26)39(37,38)27-17-13-25(31)14-18-27/h6-18,22,28H,5,19-21H2,1-4H3,(H,32,36). The van der Waals surface area contributed by atoms with Crippen molar-refractivity contribution >= 4 is 39.1 Å². The van der Waals surface area contributed by atoms with Gasteiger partial charge in [-0.05, 0) is 61.2 Å². The molecule has 9 heteroatoms. The lowest BCUT2D eigenvalue weighted by molar-refractivity contribution is -0.140. The molecular formula is C30H36ClN3O4S. The molecule has 0 radical (unpaired) electrons. The van der Waals surface area contributed by atoms with Crippen LogP contribution in [-0.2, 0) is 26.2 Å². The normalized spacial score (nSPS) is 12.2. The summed E-state index contributed by atoms with van der Waals surface area (Å²) in [6.07, 6.45) is 0.372. The SMILES string of the molecule is CCC(C(=O)NCC(C)C)N(Cc1ccccc1)C(=O)CN(c1ccc(C)cc1)S(=O)(=O)c1ccc(Cl)cc1. The zero-order chi connectivity index (χ0) is 28.6. The van der Waals surface area contributed by atoms with Gasteiger partial charge in [-0.25, -0.2) is 8.42 Å². The predicted molar refractivity (Wildman–Crippen MR) is 156 cm³/mol. The lowest BCUT2D eigenvalue weighted by atomic mass is 10.1. The van der Waals surface area contributed by atoms with Gasteiger partial charge in [0.1, 0.15) is 12.6 Å². The van der Waals surface area contributed by atoms with Crippen molar-refractivity contribution in [3.8, 4) is 0 Å². The first-order chi connectivity index (χ1) is 18.5. The maximum atomic E-state index is 14.0. The Morgan fingerprint density at radius 2 is 1.54 bits per heavy atom. The first kappa shape index (κ1) is 30.2. The quantitative estimate of drug-likeness (QED) is 0.315. The van der Waals surface area contributed by atoms with Crippen LogP contribution < -0.4 is 9.62 Å². The minimum atomic E-state index is -4.13. The van der Waals surface area contributed by atoms with Gasteiger partial charge in [-0.1, -0.05) is 80.4 Å². The highest BCUT2D eigenvalue weighted by Gasteiger charge is 2.33. The van der Waals surface area contributed by atoms with Crippen molar-refractivity contribution in [3.05, 3.63) is 95.0 Å². The number of rotatable bonds is 12. The Labute approximate surface area is 236 Å². The molecule has 208 valence electrons. The second-order valence-electron chi connectivity index (χ2n) is 9.87. The Kier molecular flexibility index (Phi) is 10.5. The number of amides is 2. The smallest absolute Gasteiger partial charge is 0.264 e. The van der Waals surface area contributed by atoms with Crippen molar-refractivity contribution in [2.24, 2.45) is 5.92 Å². The van der Waals surface area contributed by atoms with Gasteiger partial charge in [0.25, 0.3) is 10.0 Å². The average Bonchev–Trinajstić information content (AvgIpc) is 2.91. The number of hydrogen-bond acceptors (Lipinski definition) is 4. The lowest BCUT2D eigenvalue weighted by Gasteiger charge is -2.33. The third kappa shape index (κ3) is 8.07. The van der Waals surface area contributed by atoms with Crippen molar-refractivity contribution in [2.45, 2.75) is 51.6 Å². The van der Waals surface area contributed by atoms with E-state index in [4.69, 9.17) is 11.6 Å². The van der Waals surface area contributed by atoms with Gasteiger partial charge in [0, 0.05) is 18.1 Å². The highest BCUT2D eigenvalue weighted by atomic mass is 35.5. The minimum Gasteiger partial charge on any atom is -0.354 e. The van der Waals surface area contributed by atoms with E-state index in [-0.39, 0.29) is 23.3 Å². The predicted octanol–water partition coefficient (Wildman–Crippen LogP) is 5.42. The summed E-state index contributed by atoms with van der Waals surface area (Å²) in [6, 6.07) is 21.3. The van der Waals surface area contributed by atoms with Crippen LogP contribution in [0.25, 0.3) is 0 Å². The zero-order valence-corrected chi connectivity index (χ0v) is 24.4. The lowest BCUT2D eigenvalue weighted by Crippen LogP contribution is -2.52. The fraction of sp³-hybridized carbons (Fsp3) is 0.333. The first-order valence-electron chi connectivity index (χ1n) is 13.0. The third-order valence-electron chi connectivity index (χ3n) is 6.27. The van der Waals surface area contributed by atoms with Crippen molar-refractivity contribution < 1.29 is 18.0 Å². The molecule has 1 unspecified atom stereocenters. The minimum absolute atomic E-state index is 0.0107. The molecule has 1 atom stereocenters. The van der Waals surface area contributed by atoms with E-state index < -0.39 is 28.5 Å². The molecule has 0 aliphatic rings. The summed E-state index contributed by atoms with van der Waals surface area (Å²) in [6.45, 7) is 7.89. The monoisotopic (exact) mass is 569 g/mol. The van der Waals surface area contributed by atoms with E-state index in [1.165, 1.54) is 29.2 Å². The van der Waals surface area contributed by atoms with Gasteiger partial charge < -0.3 is 10.2 Å². The maximum absolute atomic E-state index is 14.0. The molecule has 0 fully saturated rings. The number of aryl methyl sites for hydroxylation is 1. The van der Waals surface area contributed by atoms with Crippen LogP contribution in [0, 0.1) is 12.8 Å². The summed E-state index contributed by atoms with van der Waals surface area (Å²) < 4.78 is 28.7. The average molecular weight is 570 g/mol. The Morgan fingerprint density at radius 3 is 2.10 bits per heavy atom. The number of carbonyl (C=O) groups excluding carboxylic acids is 2. The first-order valence-corrected chi connectivity index (χ1v) is 14.8. The molecule has 3 aromatic rings. The summed E-state index contributed by atoms with van der Waals surface area (Å²) in [7, 11) is -4.13. The number of halogens is 1. The van der Waals surface area contributed by atoms with Crippen LogP contribution in [0.5, 0.6) is 0 Å². The van der Waals surface area contributed by atoms with E-state index >= 15 is 0 Å². The highest BCUT2D eigenvalue weighted by Crippen LogP contribution is 2.26. The molecule has 39 heavy (non-hydrogen) atoms. The van der Waals surface area contributed by atoms with Crippen LogP contribution in [0.2, 0.25) is 5.02 Å². The van der Waals surface area contributed by atoms with Crippen molar-refractivity contribution in [2.75, 3.05) is 17.4 Å². The number of hydrogen-bond donors (Lipinski definition) is 1. The van der Waals surface area contributed by atoms with Gasteiger partial charge in [-0.3, -0.25) is 13.9 Å². The van der Waals surface area contributed by atoms with Crippen LogP contribution in [-0.4, -0.2) is 44.3 Å². The molecule has 7 nitrogen and oxygen atoms in total. The molecule has 0 bridgehead atoms. The summed E-state index contributed by atoms with van der Waals surface area (Å²) in [5.74, 6) is -0.507. The van der Waals surface area contributed by atoms with Gasteiger partial charge in [-0.15, -0.1) is 0 Å². The molecule has 3 rings (SSSR count). The van der Waals surface area contributed by atoms with Crippen molar-refractivity contribution in [1.29, 1.82) is 0 Å². The van der Waals surface area contributed by atoms with E-state index in [0.717, 1.165) is 15.4 Å². The number of carbonyl (C=O) groups is 2.